The van der Waals surface area contributed by atoms with Gasteiger partial charge in [-0.2, -0.15) is 0 Å². The highest BCUT2D eigenvalue weighted by molar-refractivity contribution is 8.16. The number of fused-ring (bicyclic) bond motifs is 1. The molecule has 2 N–H and O–H groups in total. The van der Waals surface area contributed by atoms with Crippen molar-refractivity contribution in [3.05, 3.63) is 71.3 Å². The quantitative estimate of drug-likeness (QED) is 0.772. The largest absolute Gasteiger partial charge is 0.350 e. The van der Waals surface area contributed by atoms with Crippen molar-refractivity contribution >= 4 is 28.6 Å². The Balaban J connectivity index is 1.44. The molecule has 1 fully saturated rings. The Hall–Kier alpha value is -2.71. The predicted octanol–water partition coefficient (Wildman–Crippen LogP) is 4.14. The lowest BCUT2D eigenvalue weighted by Crippen LogP contribution is -2.31. The van der Waals surface area contributed by atoms with E-state index in [1.165, 1.54) is 25.0 Å². The molecule has 3 aliphatic heterocycles. The Bertz CT molecular complexity index is 995. The standard InChI is InChI=1S/C22H23FN6S/c23-16-6-4-15(5-7-16)19-13-20(29-11-12-30-22(29)28-19)18-8-10-25-21(27-18)26-17-3-1-2-9-24-14-17/h4-8,10-13,17,19,24H,1-3,9,14H2,(H,25,26,27). The van der Waals surface area contributed by atoms with Gasteiger partial charge in [0.15, 0.2) is 5.17 Å². The van der Waals surface area contributed by atoms with E-state index in [0.29, 0.717) is 12.0 Å². The van der Waals surface area contributed by atoms with Crippen LogP contribution >= 0.6 is 11.8 Å². The van der Waals surface area contributed by atoms with Gasteiger partial charge in [-0.15, -0.1) is 0 Å². The third kappa shape index (κ3) is 4.11. The fraction of sp³-hybridized carbons (Fsp3) is 0.318. The molecular weight excluding hydrogens is 399 g/mol. The maximum Gasteiger partial charge on any atom is 0.223 e. The summed E-state index contributed by atoms with van der Waals surface area (Å²) in [6.07, 6.45) is 9.38. The van der Waals surface area contributed by atoms with E-state index in [0.717, 1.165) is 41.6 Å². The van der Waals surface area contributed by atoms with Gasteiger partial charge >= 0.3 is 0 Å². The molecule has 1 saturated heterocycles. The first kappa shape index (κ1) is 19.3. The molecule has 0 bridgehead atoms. The summed E-state index contributed by atoms with van der Waals surface area (Å²) in [6, 6.07) is 8.58. The molecule has 0 aliphatic carbocycles. The Kier molecular flexibility index (Phi) is 5.50. The van der Waals surface area contributed by atoms with Crippen molar-refractivity contribution in [1.29, 1.82) is 0 Å². The highest BCUT2D eigenvalue weighted by Crippen LogP contribution is 2.37. The normalized spacial score (nSPS) is 23.4. The minimum Gasteiger partial charge on any atom is -0.350 e. The third-order valence-corrected chi connectivity index (χ3v) is 6.19. The second-order valence-corrected chi connectivity index (χ2v) is 8.41. The number of amidine groups is 1. The summed E-state index contributed by atoms with van der Waals surface area (Å²) in [4.78, 5) is 16.1. The summed E-state index contributed by atoms with van der Waals surface area (Å²) < 4.78 is 13.4. The number of anilines is 1. The molecule has 5 rings (SSSR count). The minimum atomic E-state index is -0.246. The SMILES string of the molecule is Fc1ccc(C2C=C(c3ccnc(NC4CCCCNC4)n3)N3C=CSC3=N2)cc1. The number of nitrogens with one attached hydrogen (secondary N) is 2. The summed E-state index contributed by atoms with van der Waals surface area (Å²) in [7, 11) is 0. The number of thioether (sulfide) groups is 1. The molecular formula is C22H23FN6S. The molecule has 1 aromatic carbocycles. The van der Waals surface area contributed by atoms with E-state index >= 15 is 0 Å². The second kappa shape index (κ2) is 8.57. The molecule has 0 saturated carbocycles. The highest BCUT2D eigenvalue weighted by Gasteiger charge is 2.28. The molecule has 2 unspecified atom stereocenters. The van der Waals surface area contributed by atoms with Gasteiger partial charge in [0.2, 0.25) is 5.95 Å². The van der Waals surface area contributed by atoms with E-state index in [2.05, 4.69) is 21.7 Å². The monoisotopic (exact) mass is 422 g/mol. The van der Waals surface area contributed by atoms with Gasteiger partial charge in [-0.1, -0.05) is 30.3 Å². The van der Waals surface area contributed by atoms with Gasteiger partial charge in [0.05, 0.1) is 17.4 Å². The van der Waals surface area contributed by atoms with E-state index in [-0.39, 0.29) is 11.9 Å². The number of aliphatic imine (C=N–C) groups is 1. The lowest BCUT2D eigenvalue weighted by atomic mass is 10.0. The molecule has 6 nitrogen and oxygen atoms in total. The van der Waals surface area contributed by atoms with Gasteiger partial charge in [0.1, 0.15) is 5.82 Å². The van der Waals surface area contributed by atoms with Crippen LogP contribution in [0.1, 0.15) is 36.6 Å². The van der Waals surface area contributed by atoms with Gasteiger partial charge in [-0.25, -0.2) is 19.4 Å². The van der Waals surface area contributed by atoms with Crippen LogP contribution < -0.4 is 10.6 Å². The van der Waals surface area contributed by atoms with Crippen LogP contribution in [-0.2, 0) is 0 Å². The van der Waals surface area contributed by atoms with E-state index in [9.17, 15) is 4.39 Å². The first-order chi connectivity index (χ1) is 14.8. The Labute approximate surface area is 179 Å². The van der Waals surface area contributed by atoms with Crippen LogP contribution in [0.3, 0.4) is 0 Å². The van der Waals surface area contributed by atoms with Crippen molar-refractivity contribution in [3.8, 4) is 0 Å². The Morgan fingerprint density at radius 1 is 1.17 bits per heavy atom. The van der Waals surface area contributed by atoms with Crippen LogP contribution in [-0.4, -0.2) is 39.2 Å². The van der Waals surface area contributed by atoms with Crippen LogP contribution in [0.4, 0.5) is 10.3 Å². The van der Waals surface area contributed by atoms with E-state index in [1.54, 1.807) is 30.1 Å². The average molecular weight is 423 g/mol. The van der Waals surface area contributed by atoms with Gasteiger partial charge in [0, 0.05) is 25.0 Å². The van der Waals surface area contributed by atoms with Crippen LogP contribution in [0.5, 0.6) is 0 Å². The van der Waals surface area contributed by atoms with Crippen molar-refractivity contribution in [2.45, 2.75) is 31.3 Å². The first-order valence-corrected chi connectivity index (χ1v) is 11.1. The number of aromatic nitrogens is 2. The van der Waals surface area contributed by atoms with E-state index < -0.39 is 0 Å². The third-order valence-electron chi connectivity index (χ3n) is 5.42. The molecule has 0 amide bonds. The van der Waals surface area contributed by atoms with Gasteiger partial charge in [-0.3, -0.25) is 4.90 Å². The van der Waals surface area contributed by atoms with Crippen LogP contribution in [0.25, 0.3) is 5.70 Å². The second-order valence-electron chi connectivity index (χ2n) is 7.54. The fourth-order valence-corrected chi connectivity index (χ4v) is 4.62. The van der Waals surface area contributed by atoms with Crippen molar-refractivity contribution in [2.75, 3.05) is 18.4 Å². The van der Waals surface area contributed by atoms with Crippen molar-refractivity contribution < 1.29 is 4.39 Å². The zero-order valence-electron chi connectivity index (χ0n) is 16.5. The lowest BCUT2D eigenvalue weighted by molar-refractivity contribution is 0.626. The number of rotatable bonds is 4. The average Bonchev–Trinajstić information content (AvgIpc) is 3.10. The van der Waals surface area contributed by atoms with Gasteiger partial charge in [-0.05, 0) is 54.6 Å². The smallest absolute Gasteiger partial charge is 0.223 e. The molecule has 2 atom stereocenters. The zero-order chi connectivity index (χ0) is 20.3. The van der Waals surface area contributed by atoms with Crippen molar-refractivity contribution in [2.24, 2.45) is 4.99 Å². The number of nitrogens with zero attached hydrogens (tertiary/aromatic N) is 4. The van der Waals surface area contributed by atoms with Gasteiger partial charge < -0.3 is 10.6 Å². The first-order valence-electron chi connectivity index (χ1n) is 10.2. The van der Waals surface area contributed by atoms with Crippen LogP contribution in [0, 0.1) is 5.82 Å². The predicted molar refractivity (Wildman–Crippen MR) is 119 cm³/mol. The molecule has 30 heavy (non-hydrogen) atoms. The molecule has 0 spiro atoms. The summed E-state index contributed by atoms with van der Waals surface area (Å²) in [5, 5.41) is 9.85. The number of halogens is 1. The Morgan fingerprint density at radius 3 is 2.97 bits per heavy atom. The lowest BCUT2D eigenvalue weighted by Gasteiger charge is -2.27. The summed E-state index contributed by atoms with van der Waals surface area (Å²) in [5.41, 5.74) is 2.74. The topological polar surface area (TPSA) is 65.4 Å². The van der Waals surface area contributed by atoms with Gasteiger partial charge in [0.25, 0.3) is 0 Å². The summed E-state index contributed by atoms with van der Waals surface area (Å²) >= 11 is 1.57. The Morgan fingerprint density at radius 2 is 2.07 bits per heavy atom. The molecule has 3 aliphatic rings. The molecule has 154 valence electrons. The summed E-state index contributed by atoms with van der Waals surface area (Å²) in [5.74, 6) is 0.393. The number of benzene rings is 1. The van der Waals surface area contributed by atoms with Crippen LogP contribution in [0.15, 0.2) is 59.2 Å². The van der Waals surface area contributed by atoms with E-state index in [4.69, 9.17) is 9.98 Å². The van der Waals surface area contributed by atoms with Crippen molar-refractivity contribution in [3.63, 3.8) is 0 Å². The molecule has 1 aromatic heterocycles. The minimum absolute atomic E-state index is 0.184. The zero-order valence-corrected chi connectivity index (χ0v) is 17.3. The van der Waals surface area contributed by atoms with E-state index in [1.807, 2.05) is 22.6 Å². The summed E-state index contributed by atoms with van der Waals surface area (Å²) in [6.45, 7) is 1.99. The molecule has 8 heteroatoms. The molecule has 2 aromatic rings. The highest BCUT2D eigenvalue weighted by atomic mass is 32.2. The van der Waals surface area contributed by atoms with Crippen molar-refractivity contribution in [1.82, 2.24) is 20.2 Å². The number of hydrogen-bond acceptors (Lipinski definition) is 7. The maximum absolute atomic E-state index is 13.4. The molecule has 0 radical (unpaired) electrons. The van der Waals surface area contributed by atoms with Crippen LogP contribution in [0.2, 0.25) is 0 Å². The fourth-order valence-electron chi connectivity index (χ4n) is 3.87. The number of hydrogen-bond donors (Lipinski definition) is 2. The maximum atomic E-state index is 13.4. The molecule has 4 heterocycles.